The molecular weight excluding hydrogens is 266 g/mol. The molecule has 2 aliphatic rings. The first-order valence-corrected chi connectivity index (χ1v) is 9.80. The summed E-state index contributed by atoms with van der Waals surface area (Å²) in [7, 11) is 0. The van der Waals surface area contributed by atoms with Crippen LogP contribution in [0.25, 0.3) is 0 Å². The van der Waals surface area contributed by atoms with E-state index in [9.17, 15) is 4.79 Å². The van der Waals surface area contributed by atoms with Gasteiger partial charge in [-0.25, -0.2) is 0 Å². The molecule has 1 N–H and O–H groups in total. The summed E-state index contributed by atoms with van der Waals surface area (Å²) in [6.07, 6.45) is 14.7. The molecule has 116 valence electrons. The minimum Gasteiger partial charge on any atom is -0.353 e. The summed E-state index contributed by atoms with van der Waals surface area (Å²) in [4.78, 5) is 12.2. The van der Waals surface area contributed by atoms with Crippen LogP contribution in [0.3, 0.4) is 0 Å². The van der Waals surface area contributed by atoms with Crippen molar-refractivity contribution in [2.45, 2.75) is 82.4 Å². The standard InChI is InChI=1S/C17H31NOS/c1-13(14-7-4-3-5-8-14)11-17(19)18-15-9-6-10-16(12-15)20-2/h13-16H,3-12H2,1-2H3,(H,18,19)/t13-,15-,16+/m0/s1. The van der Waals surface area contributed by atoms with Crippen LogP contribution < -0.4 is 5.32 Å². The van der Waals surface area contributed by atoms with Gasteiger partial charge >= 0.3 is 0 Å². The van der Waals surface area contributed by atoms with E-state index in [4.69, 9.17) is 0 Å². The second-order valence-electron chi connectivity index (χ2n) is 6.87. The molecule has 2 nitrogen and oxygen atoms in total. The van der Waals surface area contributed by atoms with Gasteiger partial charge in [-0.15, -0.1) is 0 Å². The van der Waals surface area contributed by atoms with Crippen molar-refractivity contribution in [3.63, 3.8) is 0 Å². The second-order valence-corrected chi connectivity index (χ2v) is 8.01. The molecular formula is C17H31NOS. The highest BCUT2D eigenvalue weighted by Crippen LogP contribution is 2.32. The molecule has 2 aliphatic carbocycles. The Kier molecular flexibility index (Phi) is 6.73. The highest BCUT2D eigenvalue weighted by atomic mass is 32.2. The molecule has 3 atom stereocenters. The van der Waals surface area contributed by atoms with Crippen LogP contribution in [0.15, 0.2) is 0 Å². The van der Waals surface area contributed by atoms with E-state index in [0.29, 0.717) is 17.9 Å². The maximum Gasteiger partial charge on any atom is 0.220 e. The first kappa shape index (κ1) is 16.2. The second kappa shape index (κ2) is 8.31. The average molecular weight is 298 g/mol. The number of rotatable bonds is 5. The van der Waals surface area contributed by atoms with Crippen LogP contribution in [0, 0.1) is 11.8 Å². The number of carbonyl (C=O) groups excluding carboxylic acids is 1. The molecule has 2 saturated carbocycles. The van der Waals surface area contributed by atoms with Gasteiger partial charge < -0.3 is 5.32 Å². The minimum absolute atomic E-state index is 0.301. The van der Waals surface area contributed by atoms with Gasteiger partial charge in [0.2, 0.25) is 5.91 Å². The van der Waals surface area contributed by atoms with E-state index >= 15 is 0 Å². The minimum atomic E-state index is 0.301. The number of hydrogen-bond donors (Lipinski definition) is 1. The van der Waals surface area contributed by atoms with E-state index in [1.807, 2.05) is 11.8 Å². The van der Waals surface area contributed by atoms with Crippen LogP contribution in [-0.4, -0.2) is 23.5 Å². The molecule has 0 radical (unpaired) electrons. The number of amides is 1. The zero-order valence-electron chi connectivity index (χ0n) is 13.2. The van der Waals surface area contributed by atoms with Gasteiger partial charge in [-0.1, -0.05) is 45.4 Å². The summed E-state index contributed by atoms with van der Waals surface area (Å²) in [6.45, 7) is 2.28. The lowest BCUT2D eigenvalue weighted by Gasteiger charge is -2.30. The third-order valence-electron chi connectivity index (χ3n) is 5.29. The number of nitrogens with one attached hydrogen (secondary N) is 1. The Morgan fingerprint density at radius 1 is 1.15 bits per heavy atom. The van der Waals surface area contributed by atoms with Gasteiger partial charge in [0.05, 0.1) is 0 Å². The topological polar surface area (TPSA) is 29.1 Å². The average Bonchev–Trinajstić information content (AvgIpc) is 2.48. The van der Waals surface area contributed by atoms with Gasteiger partial charge in [0.25, 0.3) is 0 Å². The molecule has 0 aromatic rings. The molecule has 3 heteroatoms. The normalized spacial score (nSPS) is 29.9. The van der Waals surface area contributed by atoms with Crippen LogP contribution in [0.2, 0.25) is 0 Å². The predicted octanol–water partition coefficient (Wildman–Crippen LogP) is 4.38. The Labute approximate surface area is 128 Å². The summed E-state index contributed by atoms with van der Waals surface area (Å²) in [6, 6.07) is 0.437. The molecule has 20 heavy (non-hydrogen) atoms. The SMILES string of the molecule is CS[C@@H]1CCC[C@H](NC(=O)C[C@H](C)C2CCCCC2)C1. The Balaban J connectivity index is 1.71. The van der Waals surface area contributed by atoms with Crippen molar-refractivity contribution in [1.29, 1.82) is 0 Å². The zero-order valence-corrected chi connectivity index (χ0v) is 14.0. The molecule has 0 unspecified atom stereocenters. The Bertz CT molecular complexity index is 295. The number of hydrogen-bond acceptors (Lipinski definition) is 2. The van der Waals surface area contributed by atoms with Crippen molar-refractivity contribution in [3.8, 4) is 0 Å². The summed E-state index contributed by atoms with van der Waals surface area (Å²) >= 11 is 1.96. The Morgan fingerprint density at radius 3 is 2.60 bits per heavy atom. The lowest BCUT2D eigenvalue weighted by molar-refractivity contribution is -0.123. The van der Waals surface area contributed by atoms with Crippen LogP contribution >= 0.6 is 11.8 Å². The maximum absolute atomic E-state index is 12.2. The Hall–Kier alpha value is -0.180. The van der Waals surface area contributed by atoms with Crippen molar-refractivity contribution in [1.82, 2.24) is 5.32 Å². The third-order valence-corrected chi connectivity index (χ3v) is 6.38. The lowest BCUT2D eigenvalue weighted by Crippen LogP contribution is -2.40. The third kappa shape index (κ3) is 4.98. The molecule has 1 amide bonds. The van der Waals surface area contributed by atoms with E-state index in [0.717, 1.165) is 17.6 Å². The fourth-order valence-corrected chi connectivity index (χ4v) is 4.77. The van der Waals surface area contributed by atoms with Crippen LogP contribution in [0.1, 0.15) is 71.1 Å². The fraction of sp³-hybridized carbons (Fsp3) is 0.941. The van der Waals surface area contributed by atoms with Crippen molar-refractivity contribution in [2.75, 3.05) is 6.26 Å². The van der Waals surface area contributed by atoms with Gasteiger partial charge in [0, 0.05) is 17.7 Å². The van der Waals surface area contributed by atoms with E-state index in [-0.39, 0.29) is 0 Å². The fourth-order valence-electron chi connectivity index (χ4n) is 3.94. The van der Waals surface area contributed by atoms with Crippen molar-refractivity contribution in [2.24, 2.45) is 11.8 Å². The van der Waals surface area contributed by atoms with Gasteiger partial charge in [-0.05, 0) is 37.4 Å². The van der Waals surface area contributed by atoms with E-state index in [2.05, 4.69) is 18.5 Å². The molecule has 0 bridgehead atoms. The lowest BCUT2D eigenvalue weighted by atomic mass is 9.79. The predicted molar refractivity (Wildman–Crippen MR) is 88.1 cm³/mol. The Morgan fingerprint density at radius 2 is 1.90 bits per heavy atom. The zero-order chi connectivity index (χ0) is 14.4. The molecule has 0 saturated heterocycles. The van der Waals surface area contributed by atoms with E-state index < -0.39 is 0 Å². The maximum atomic E-state index is 12.2. The molecule has 0 aromatic carbocycles. The van der Waals surface area contributed by atoms with Gasteiger partial charge in [-0.3, -0.25) is 4.79 Å². The largest absolute Gasteiger partial charge is 0.353 e. The summed E-state index contributed by atoms with van der Waals surface area (Å²) in [5, 5.41) is 4.06. The number of thioether (sulfide) groups is 1. The van der Waals surface area contributed by atoms with Crippen molar-refractivity contribution >= 4 is 17.7 Å². The molecule has 2 rings (SSSR count). The van der Waals surface area contributed by atoms with E-state index in [1.165, 1.54) is 57.8 Å². The molecule has 2 fully saturated rings. The summed E-state index contributed by atoms with van der Waals surface area (Å²) in [5.74, 6) is 1.66. The summed E-state index contributed by atoms with van der Waals surface area (Å²) in [5.41, 5.74) is 0. The van der Waals surface area contributed by atoms with Gasteiger partial charge in [-0.2, -0.15) is 11.8 Å². The van der Waals surface area contributed by atoms with Crippen molar-refractivity contribution < 1.29 is 4.79 Å². The molecule has 0 heterocycles. The quantitative estimate of drug-likeness (QED) is 0.815. The first-order valence-electron chi connectivity index (χ1n) is 8.51. The first-order chi connectivity index (χ1) is 9.69. The van der Waals surface area contributed by atoms with Crippen LogP contribution in [0.4, 0.5) is 0 Å². The van der Waals surface area contributed by atoms with Crippen LogP contribution in [0.5, 0.6) is 0 Å². The smallest absolute Gasteiger partial charge is 0.220 e. The van der Waals surface area contributed by atoms with Crippen molar-refractivity contribution in [3.05, 3.63) is 0 Å². The highest BCUT2D eigenvalue weighted by molar-refractivity contribution is 7.99. The highest BCUT2D eigenvalue weighted by Gasteiger charge is 2.25. The van der Waals surface area contributed by atoms with Gasteiger partial charge in [0.1, 0.15) is 0 Å². The number of carbonyl (C=O) groups is 1. The summed E-state index contributed by atoms with van der Waals surface area (Å²) < 4.78 is 0. The molecule has 0 aromatic heterocycles. The van der Waals surface area contributed by atoms with Gasteiger partial charge in [0.15, 0.2) is 0 Å². The molecule has 0 aliphatic heterocycles. The molecule has 0 spiro atoms. The van der Waals surface area contributed by atoms with E-state index in [1.54, 1.807) is 0 Å². The monoisotopic (exact) mass is 297 g/mol. The van der Waals surface area contributed by atoms with Crippen LogP contribution in [-0.2, 0) is 4.79 Å².